The molecule has 3 N–H and O–H groups in total. The predicted octanol–water partition coefficient (Wildman–Crippen LogP) is 0.895. The summed E-state index contributed by atoms with van der Waals surface area (Å²) in [7, 11) is 0. The van der Waals surface area contributed by atoms with E-state index in [-0.39, 0.29) is 5.56 Å². The van der Waals surface area contributed by atoms with Crippen molar-refractivity contribution < 1.29 is 24.5 Å². The van der Waals surface area contributed by atoms with Crippen molar-refractivity contribution in [1.82, 2.24) is 5.32 Å². The number of carboxylic acids is 1. The van der Waals surface area contributed by atoms with Gasteiger partial charge in [-0.15, -0.1) is 0 Å². The van der Waals surface area contributed by atoms with Gasteiger partial charge >= 0.3 is 5.97 Å². The first-order valence-corrected chi connectivity index (χ1v) is 7.06. The Morgan fingerprint density at radius 2 is 1.95 bits per heavy atom. The van der Waals surface area contributed by atoms with Crippen LogP contribution in [0, 0.1) is 0 Å². The number of benzene rings is 1. The van der Waals surface area contributed by atoms with Crippen molar-refractivity contribution in [2.24, 2.45) is 0 Å². The summed E-state index contributed by atoms with van der Waals surface area (Å²) in [5.41, 5.74) is -0.441. The van der Waals surface area contributed by atoms with Gasteiger partial charge in [0.25, 0.3) is 0 Å². The van der Waals surface area contributed by atoms with Crippen molar-refractivity contribution in [2.75, 3.05) is 32.9 Å². The molecule has 0 saturated carbocycles. The minimum atomic E-state index is -0.951. The van der Waals surface area contributed by atoms with Crippen molar-refractivity contribution in [3.8, 4) is 5.75 Å². The lowest BCUT2D eigenvalue weighted by Crippen LogP contribution is -2.45. The first-order chi connectivity index (χ1) is 10.1. The maximum Gasteiger partial charge on any atom is 0.335 e. The predicted molar refractivity (Wildman–Crippen MR) is 76.8 cm³/mol. The van der Waals surface area contributed by atoms with Crippen LogP contribution < -0.4 is 10.1 Å². The number of aliphatic hydroxyl groups is 1. The van der Waals surface area contributed by atoms with E-state index in [0.29, 0.717) is 51.5 Å². The molecule has 0 unspecified atom stereocenters. The minimum Gasteiger partial charge on any atom is -0.492 e. The Kier molecular flexibility index (Phi) is 5.55. The highest BCUT2D eigenvalue weighted by Gasteiger charge is 2.28. The summed E-state index contributed by atoms with van der Waals surface area (Å²) in [5.74, 6) is -0.320. The van der Waals surface area contributed by atoms with E-state index in [1.807, 2.05) is 0 Å². The molecule has 2 rings (SSSR count). The third-order valence-electron chi connectivity index (χ3n) is 3.53. The molecular formula is C15H21NO5. The number of carbonyl (C=O) groups is 1. The lowest BCUT2D eigenvalue weighted by Gasteiger charge is -2.32. The summed E-state index contributed by atoms with van der Waals surface area (Å²) >= 11 is 0. The average Bonchev–Trinajstić information content (AvgIpc) is 2.48. The Morgan fingerprint density at radius 1 is 1.29 bits per heavy atom. The molecule has 6 heteroatoms. The Morgan fingerprint density at radius 3 is 2.57 bits per heavy atom. The summed E-state index contributed by atoms with van der Waals surface area (Å²) in [6, 6.07) is 6.29. The molecule has 0 amide bonds. The molecule has 0 bridgehead atoms. The zero-order chi connectivity index (χ0) is 15.1. The van der Waals surface area contributed by atoms with Crippen LogP contribution in [0.3, 0.4) is 0 Å². The Bertz CT molecular complexity index is 454. The molecule has 6 nitrogen and oxygen atoms in total. The van der Waals surface area contributed by atoms with E-state index in [2.05, 4.69) is 5.32 Å². The van der Waals surface area contributed by atoms with Crippen LogP contribution >= 0.6 is 0 Å². The Labute approximate surface area is 123 Å². The SMILES string of the molecule is O=C(O)c1ccc(OCCNCC2(O)CCOCC2)cc1. The van der Waals surface area contributed by atoms with Gasteiger partial charge < -0.3 is 25.0 Å². The van der Waals surface area contributed by atoms with Crippen molar-refractivity contribution in [2.45, 2.75) is 18.4 Å². The zero-order valence-electron chi connectivity index (χ0n) is 11.9. The van der Waals surface area contributed by atoms with Crippen molar-refractivity contribution >= 4 is 5.97 Å². The summed E-state index contributed by atoms with van der Waals surface area (Å²) in [5, 5.41) is 22.2. The molecule has 116 valence electrons. The number of ether oxygens (including phenoxy) is 2. The van der Waals surface area contributed by atoms with Crippen molar-refractivity contribution in [3.63, 3.8) is 0 Å². The fourth-order valence-electron chi connectivity index (χ4n) is 2.18. The molecule has 1 aromatic rings. The van der Waals surface area contributed by atoms with Gasteiger partial charge in [-0.1, -0.05) is 0 Å². The molecule has 1 aliphatic heterocycles. The fraction of sp³-hybridized carbons (Fsp3) is 0.533. The molecule has 0 atom stereocenters. The molecular weight excluding hydrogens is 274 g/mol. The van der Waals surface area contributed by atoms with Gasteiger partial charge in [0.2, 0.25) is 0 Å². The van der Waals surface area contributed by atoms with E-state index in [4.69, 9.17) is 14.6 Å². The highest BCUT2D eigenvalue weighted by atomic mass is 16.5. The Hall–Kier alpha value is -1.63. The quantitative estimate of drug-likeness (QED) is 0.648. The standard InChI is InChI=1S/C15H21NO5/c17-14(18)12-1-3-13(4-2-12)21-10-7-16-11-15(19)5-8-20-9-6-15/h1-4,16,19H,5-11H2,(H,17,18). The van der Waals surface area contributed by atoms with Crippen LogP contribution in [-0.4, -0.2) is 54.7 Å². The molecule has 1 fully saturated rings. The normalized spacial score (nSPS) is 17.4. The molecule has 0 spiro atoms. The molecule has 0 radical (unpaired) electrons. The van der Waals surface area contributed by atoms with Gasteiger partial charge in [-0.3, -0.25) is 0 Å². The summed E-state index contributed by atoms with van der Waals surface area (Å²) < 4.78 is 10.7. The lowest BCUT2D eigenvalue weighted by molar-refractivity contribution is -0.0616. The molecule has 1 saturated heterocycles. The van der Waals surface area contributed by atoms with E-state index in [9.17, 15) is 9.90 Å². The molecule has 1 aromatic carbocycles. The van der Waals surface area contributed by atoms with Crippen LogP contribution in [0.1, 0.15) is 23.2 Å². The number of hydrogen-bond acceptors (Lipinski definition) is 5. The van der Waals surface area contributed by atoms with Crippen LogP contribution in [0.25, 0.3) is 0 Å². The fourth-order valence-corrected chi connectivity index (χ4v) is 2.18. The van der Waals surface area contributed by atoms with Crippen LogP contribution in [0.2, 0.25) is 0 Å². The van der Waals surface area contributed by atoms with Gasteiger partial charge in [-0.05, 0) is 24.3 Å². The van der Waals surface area contributed by atoms with Gasteiger partial charge in [-0.25, -0.2) is 4.79 Å². The maximum absolute atomic E-state index is 10.7. The van der Waals surface area contributed by atoms with Crippen molar-refractivity contribution in [1.29, 1.82) is 0 Å². The van der Waals surface area contributed by atoms with Gasteiger partial charge in [0, 0.05) is 39.1 Å². The zero-order valence-corrected chi connectivity index (χ0v) is 11.9. The number of aromatic carboxylic acids is 1. The minimum absolute atomic E-state index is 0.238. The van der Waals surface area contributed by atoms with Gasteiger partial charge in [-0.2, -0.15) is 0 Å². The number of rotatable bonds is 7. The van der Waals surface area contributed by atoms with Gasteiger partial charge in [0.05, 0.1) is 11.2 Å². The third kappa shape index (κ3) is 5.00. The van der Waals surface area contributed by atoms with Gasteiger partial charge in [0.15, 0.2) is 0 Å². The van der Waals surface area contributed by atoms with Crippen LogP contribution in [0.5, 0.6) is 5.75 Å². The second-order valence-corrected chi connectivity index (χ2v) is 5.19. The van der Waals surface area contributed by atoms with E-state index in [1.165, 1.54) is 12.1 Å². The largest absolute Gasteiger partial charge is 0.492 e. The van der Waals surface area contributed by atoms with E-state index >= 15 is 0 Å². The third-order valence-corrected chi connectivity index (χ3v) is 3.53. The molecule has 21 heavy (non-hydrogen) atoms. The highest BCUT2D eigenvalue weighted by molar-refractivity contribution is 5.87. The summed E-state index contributed by atoms with van der Waals surface area (Å²) in [6.07, 6.45) is 1.30. The average molecular weight is 295 g/mol. The lowest BCUT2D eigenvalue weighted by atomic mass is 9.94. The van der Waals surface area contributed by atoms with Gasteiger partial charge in [0.1, 0.15) is 12.4 Å². The Balaban J connectivity index is 1.64. The number of hydrogen-bond donors (Lipinski definition) is 3. The second-order valence-electron chi connectivity index (χ2n) is 5.19. The monoisotopic (exact) mass is 295 g/mol. The summed E-state index contributed by atoms with van der Waals surface area (Å²) in [4.78, 5) is 10.7. The van der Waals surface area contributed by atoms with Crippen molar-refractivity contribution in [3.05, 3.63) is 29.8 Å². The van der Waals surface area contributed by atoms with E-state index < -0.39 is 11.6 Å². The second kappa shape index (κ2) is 7.40. The molecule has 0 aliphatic carbocycles. The highest BCUT2D eigenvalue weighted by Crippen LogP contribution is 2.19. The molecule has 1 heterocycles. The van der Waals surface area contributed by atoms with Crippen LogP contribution in [0.4, 0.5) is 0 Å². The topological polar surface area (TPSA) is 88.0 Å². The molecule has 1 aliphatic rings. The first kappa shape index (κ1) is 15.8. The summed E-state index contributed by atoms with van der Waals surface area (Å²) in [6.45, 7) is 2.80. The van der Waals surface area contributed by atoms with Crippen LogP contribution in [0.15, 0.2) is 24.3 Å². The molecule has 0 aromatic heterocycles. The van der Waals surface area contributed by atoms with E-state index in [1.54, 1.807) is 12.1 Å². The van der Waals surface area contributed by atoms with Crippen LogP contribution in [-0.2, 0) is 4.74 Å². The first-order valence-electron chi connectivity index (χ1n) is 7.06. The maximum atomic E-state index is 10.7. The number of carboxylic acid groups (broad SMARTS) is 1. The smallest absolute Gasteiger partial charge is 0.335 e. The number of nitrogens with one attached hydrogen (secondary N) is 1. The van der Waals surface area contributed by atoms with E-state index in [0.717, 1.165) is 0 Å².